The highest BCUT2D eigenvalue weighted by atomic mass is 79.9. The number of nitrogens with zero attached hydrogens (tertiary/aromatic N) is 1. The van der Waals surface area contributed by atoms with E-state index in [9.17, 15) is 8.42 Å². The Morgan fingerprint density at radius 1 is 1.37 bits per heavy atom. The Morgan fingerprint density at radius 2 is 2.05 bits per heavy atom. The number of aryl methyl sites for hydroxylation is 1. The van der Waals surface area contributed by atoms with Crippen molar-refractivity contribution in [3.63, 3.8) is 0 Å². The van der Waals surface area contributed by atoms with Crippen LogP contribution in [0, 0.1) is 6.92 Å². The van der Waals surface area contributed by atoms with Crippen LogP contribution in [0.4, 0.5) is 0 Å². The van der Waals surface area contributed by atoms with Crippen LogP contribution in [0.2, 0.25) is 0 Å². The summed E-state index contributed by atoms with van der Waals surface area (Å²) in [5, 5.41) is 0. The van der Waals surface area contributed by atoms with Gasteiger partial charge in [-0.2, -0.15) is 16.1 Å². The van der Waals surface area contributed by atoms with Gasteiger partial charge in [0.05, 0.1) is 4.90 Å². The van der Waals surface area contributed by atoms with Crippen molar-refractivity contribution in [1.29, 1.82) is 0 Å². The molecule has 1 fully saturated rings. The molecule has 1 saturated heterocycles. The van der Waals surface area contributed by atoms with Crippen molar-refractivity contribution < 1.29 is 8.42 Å². The van der Waals surface area contributed by atoms with Gasteiger partial charge in [0.2, 0.25) is 10.0 Å². The Hall–Kier alpha value is -0.0400. The lowest BCUT2D eigenvalue weighted by Gasteiger charge is -2.36. The van der Waals surface area contributed by atoms with Gasteiger partial charge in [0.15, 0.2) is 0 Å². The number of benzene rings is 1. The Morgan fingerprint density at radius 3 is 2.63 bits per heavy atom. The molecule has 1 aliphatic rings. The molecule has 0 radical (unpaired) electrons. The van der Waals surface area contributed by atoms with E-state index in [1.165, 1.54) is 0 Å². The Bertz CT molecular complexity index is 584. The van der Waals surface area contributed by atoms with Crippen molar-refractivity contribution in [3.8, 4) is 0 Å². The molecule has 3 nitrogen and oxygen atoms in total. The van der Waals surface area contributed by atoms with Gasteiger partial charge in [-0.3, -0.25) is 0 Å². The molecule has 6 heteroatoms. The van der Waals surface area contributed by atoms with Gasteiger partial charge in [0.25, 0.3) is 0 Å². The van der Waals surface area contributed by atoms with Crippen molar-refractivity contribution in [2.45, 2.75) is 30.4 Å². The van der Waals surface area contributed by atoms with Crippen LogP contribution in [0.15, 0.2) is 27.6 Å². The minimum atomic E-state index is -3.41. The fraction of sp³-hybridized carbons (Fsp3) is 0.538. The molecular formula is C13H18BrNO2S2. The number of thioether (sulfide) groups is 1. The highest BCUT2D eigenvalue weighted by Crippen LogP contribution is 2.34. The van der Waals surface area contributed by atoms with Gasteiger partial charge in [-0.25, -0.2) is 8.42 Å². The summed E-state index contributed by atoms with van der Waals surface area (Å²) in [6.45, 7) is 7.26. The molecule has 1 aromatic carbocycles. The van der Waals surface area contributed by atoms with Gasteiger partial charge in [-0.05, 0) is 54.4 Å². The second-order valence-electron chi connectivity index (χ2n) is 5.38. The van der Waals surface area contributed by atoms with Crippen molar-refractivity contribution in [3.05, 3.63) is 28.2 Å². The van der Waals surface area contributed by atoms with Gasteiger partial charge in [0.1, 0.15) is 0 Å². The van der Waals surface area contributed by atoms with E-state index in [0.29, 0.717) is 22.5 Å². The first-order valence-electron chi connectivity index (χ1n) is 6.13. The number of hydrogen-bond donors (Lipinski definition) is 0. The number of sulfonamides is 1. The van der Waals surface area contributed by atoms with Crippen molar-refractivity contribution in [1.82, 2.24) is 4.31 Å². The second-order valence-corrected chi connectivity index (χ2v) is 9.94. The van der Waals surface area contributed by atoms with E-state index in [-0.39, 0.29) is 4.75 Å². The summed E-state index contributed by atoms with van der Waals surface area (Å²) in [5.74, 6) is 0.843. The summed E-state index contributed by atoms with van der Waals surface area (Å²) < 4.78 is 27.6. The van der Waals surface area contributed by atoms with Crippen LogP contribution in [0.5, 0.6) is 0 Å². The molecule has 1 heterocycles. The standard InChI is InChI=1S/C13H18BrNO2S2/c1-10-4-5-12(11(14)8-10)19(16,17)15-6-7-18-13(2,3)9-15/h4-5,8H,6-7,9H2,1-3H3. The minimum absolute atomic E-state index is 0.0253. The van der Waals surface area contributed by atoms with Crippen molar-refractivity contribution in [2.75, 3.05) is 18.8 Å². The number of halogens is 1. The van der Waals surface area contributed by atoms with Crippen LogP contribution in [-0.2, 0) is 10.0 Å². The normalized spacial score (nSPS) is 20.4. The van der Waals surface area contributed by atoms with Crippen LogP contribution in [0.25, 0.3) is 0 Å². The van der Waals surface area contributed by atoms with E-state index >= 15 is 0 Å². The first-order valence-corrected chi connectivity index (χ1v) is 9.34. The van der Waals surface area contributed by atoms with Crippen molar-refractivity contribution in [2.24, 2.45) is 0 Å². The molecule has 0 N–H and O–H groups in total. The SMILES string of the molecule is Cc1ccc(S(=O)(=O)N2CCSC(C)(C)C2)c(Br)c1. The van der Waals surface area contributed by atoms with Gasteiger partial charge in [0, 0.05) is 28.1 Å². The lowest BCUT2D eigenvalue weighted by Crippen LogP contribution is -2.46. The van der Waals surface area contributed by atoms with E-state index in [0.717, 1.165) is 11.3 Å². The molecule has 0 unspecified atom stereocenters. The summed E-state index contributed by atoms with van der Waals surface area (Å²) in [4.78, 5) is 0.362. The highest BCUT2D eigenvalue weighted by Gasteiger charge is 2.35. The maximum atomic E-state index is 12.7. The molecule has 0 bridgehead atoms. The van der Waals surface area contributed by atoms with Gasteiger partial charge >= 0.3 is 0 Å². The van der Waals surface area contributed by atoms with Gasteiger partial charge < -0.3 is 0 Å². The zero-order valence-corrected chi connectivity index (χ0v) is 14.5. The highest BCUT2D eigenvalue weighted by molar-refractivity contribution is 9.10. The second kappa shape index (κ2) is 5.39. The smallest absolute Gasteiger partial charge is 0.207 e. The molecule has 0 aliphatic carbocycles. The molecule has 0 aromatic heterocycles. The van der Waals surface area contributed by atoms with Gasteiger partial charge in [-0.15, -0.1) is 0 Å². The monoisotopic (exact) mass is 363 g/mol. The van der Waals surface area contributed by atoms with Crippen LogP contribution < -0.4 is 0 Å². The van der Waals surface area contributed by atoms with E-state index in [1.54, 1.807) is 10.4 Å². The average Bonchev–Trinajstić information content (AvgIpc) is 2.27. The van der Waals surface area contributed by atoms with Crippen LogP contribution in [0.1, 0.15) is 19.4 Å². The third kappa shape index (κ3) is 3.35. The zero-order chi connectivity index (χ0) is 14.3. The molecule has 0 spiro atoms. The molecule has 19 heavy (non-hydrogen) atoms. The quantitative estimate of drug-likeness (QED) is 0.808. The largest absolute Gasteiger partial charge is 0.244 e. The van der Waals surface area contributed by atoms with Crippen LogP contribution in [-0.4, -0.2) is 36.3 Å². The maximum Gasteiger partial charge on any atom is 0.244 e. The van der Waals surface area contributed by atoms with Crippen LogP contribution in [0.3, 0.4) is 0 Å². The molecule has 106 valence electrons. The lowest BCUT2D eigenvalue weighted by molar-refractivity contribution is 0.387. The summed E-state index contributed by atoms with van der Waals surface area (Å²) >= 11 is 5.19. The Kier molecular flexibility index (Phi) is 4.35. The summed E-state index contributed by atoms with van der Waals surface area (Å²) in [7, 11) is -3.41. The maximum absolute atomic E-state index is 12.7. The summed E-state index contributed by atoms with van der Waals surface area (Å²) in [6.07, 6.45) is 0. The lowest BCUT2D eigenvalue weighted by atomic mass is 10.2. The van der Waals surface area contributed by atoms with E-state index in [1.807, 2.05) is 30.8 Å². The van der Waals surface area contributed by atoms with Crippen molar-refractivity contribution >= 4 is 37.7 Å². The minimum Gasteiger partial charge on any atom is -0.207 e. The average molecular weight is 364 g/mol. The number of hydrogen-bond acceptors (Lipinski definition) is 3. The van der Waals surface area contributed by atoms with E-state index in [2.05, 4.69) is 29.8 Å². The molecule has 0 saturated carbocycles. The molecular weight excluding hydrogens is 346 g/mol. The van der Waals surface area contributed by atoms with E-state index < -0.39 is 10.0 Å². The fourth-order valence-electron chi connectivity index (χ4n) is 2.13. The summed E-state index contributed by atoms with van der Waals surface area (Å²) in [5.41, 5.74) is 1.04. The molecule has 0 amide bonds. The predicted molar refractivity (Wildman–Crippen MR) is 84.2 cm³/mol. The predicted octanol–water partition coefficient (Wildman–Crippen LogP) is 3.27. The fourth-order valence-corrected chi connectivity index (χ4v) is 6.20. The molecule has 0 atom stereocenters. The topological polar surface area (TPSA) is 37.4 Å². The first-order chi connectivity index (χ1) is 8.72. The third-order valence-corrected chi connectivity index (χ3v) is 7.21. The third-order valence-electron chi connectivity index (χ3n) is 3.10. The van der Waals surface area contributed by atoms with E-state index in [4.69, 9.17) is 0 Å². The van der Waals surface area contributed by atoms with Crippen LogP contribution >= 0.6 is 27.7 Å². The van der Waals surface area contributed by atoms with Gasteiger partial charge in [-0.1, -0.05) is 6.07 Å². The molecule has 1 aromatic rings. The molecule has 1 aliphatic heterocycles. The Balaban J connectivity index is 2.37. The Labute approximate surface area is 127 Å². The number of rotatable bonds is 2. The first kappa shape index (κ1) is 15.4. The zero-order valence-electron chi connectivity index (χ0n) is 11.3. The summed E-state index contributed by atoms with van der Waals surface area (Å²) in [6, 6.07) is 5.36. The molecule has 2 rings (SSSR count).